The van der Waals surface area contributed by atoms with E-state index in [-0.39, 0.29) is 11.8 Å². The van der Waals surface area contributed by atoms with Crippen molar-refractivity contribution in [2.75, 3.05) is 11.2 Å². The number of fused-ring (bicyclic) bond motifs is 3. The molecule has 1 aliphatic rings. The van der Waals surface area contributed by atoms with Crippen LogP contribution < -0.4 is 9.64 Å². The molecule has 1 atom stereocenters. The fraction of sp³-hybridized carbons (Fsp3) is 0.158. The molecule has 0 unspecified atom stereocenters. The third-order valence-corrected chi connectivity index (χ3v) is 5.27. The van der Waals surface area contributed by atoms with Crippen molar-refractivity contribution in [2.45, 2.75) is 18.3 Å². The van der Waals surface area contributed by atoms with E-state index in [1.165, 1.54) is 18.7 Å². The van der Waals surface area contributed by atoms with Crippen molar-refractivity contribution in [1.82, 2.24) is 15.2 Å². The van der Waals surface area contributed by atoms with E-state index in [4.69, 9.17) is 27.9 Å². The highest BCUT2D eigenvalue weighted by atomic mass is 35.5. The first kappa shape index (κ1) is 19.0. The Morgan fingerprint density at radius 1 is 1.11 bits per heavy atom. The maximum absolute atomic E-state index is 12.7. The third-order valence-electron chi connectivity index (χ3n) is 4.24. The summed E-state index contributed by atoms with van der Waals surface area (Å²) in [7, 11) is 0. The van der Waals surface area contributed by atoms with E-state index >= 15 is 0 Å². The van der Waals surface area contributed by atoms with Crippen LogP contribution in [0.5, 0.6) is 5.88 Å². The Morgan fingerprint density at radius 3 is 2.50 bits per heavy atom. The zero-order valence-corrected chi connectivity index (χ0v) is 17.2. The second kappa shape index (κ2) is 7.58. The van der Waals surface area contributed by atoms with Crippen LogP contribution in [0.25, 0.3) is 11.3 Å². The van der Waals surface area contributed by atoms with Crippen LogP contribution in [-0.4, -0.2) is 27.3 Å². The lowest BCUT2D eigenvalue weighted by atomic mass is 10.1. The molecule has 0 radical (unpaired) electrons. The molecule has 3 aromatic rings. The molecule has 9 heteroatoms. The highest BCUT2D eigenvalue weighted by Crippen LogP contribution is 2.44. The minimum atomic E-state index is -0.748. The first-order valence-electron chi connectivity index (χ1n) is 8.28. The number of benzene rings is 2. The second-order valence-corrected chi connectivity index (χ2v) is 7.67. The number of rotatable bonds is 2. The molecule has 4 rings (SSSR count). The van der Waals surface area contributed by atoms with Gasteiger partial charge in [-0.2, -0.15) is 4.98 Å². The normalized spacial score (nSPS) is 15.3. The summed E-state index contributed by atoms with van der Waals surface area (Å²) in [6.45, 7) is 1.48. The number of carbonyl (C=O) groups is 1. The number of hydrogen-bond acceptors (Lipinski definition) is 6. The molecular formula is C19H14Cl2N4O2S. The van der Waals surface area contributed by atoms with Gasteiger partial charge in [0.1, 0.15) is 0 Å². The van der Waals surface area contributed by atoms with Crippen LogP contribution in [0.3, 0.4) is 0 Å². The van der Waals surface area contributed by atoms with E-state index in [0.717, 1.165) is 5.56 Å². The predicted molar refractivity (Wildman–Crippen MR) is 110 cm³/mol. The van der Waals surface area contributed by atoms with Gasteiger partial charge in [0.2, 0.25) is 23.2 Å². The first-order chi connectivity index (χ1) is 13.5. The van der Waals surface area contributed by atoms with Gasteiger partial charge in [0.15, 0.2) is 5.69 Å². The zero-order chi connectivity index (χ0) is 19.8. The average Bonchev–Trinajstić information content (AvgIpc) is 2.82. The van der Waals surface area contributed by atoms with E-state index in [9.17, 15) is 4.79 Å². The van der Waals surface area contributed by atoms with Gasteiger partial charge in [-0.15, -0.1) is 10.2 Å². The summed E-state index contributed by atoms with van der Waals surface area (Å²) in [5.41, 5.74) is 2.42. The van der Waals surface area contributed by atoms with E-state index in [1.807, 2.05) is 18.4 Å². The maximum Gasteiger partial charge on any atom is 0.247 e. The molecule has 0 saturated heterocycles. The first-order valence-corrected chi connectivity index (χ1v) is 10.3. The molecule has 142 valence electrons. The number of amides is 1. The van der Waals surface area contributed by atoms with Gasteiger partial charge < -0.3 is 4.74 Å². The molecule has 2 aromatic carbocycles. The molecule has 1 aliphatic heterocycles. The average molecular weight is 433 g/mol. The van der Waals surface area contributed by atoms with Crippen molar-refractivity contribution in [2.24, 2.45) is 0 Å². The molecule has 0 fully saturated rings. The lowest BCUT2D eigenvalue weighted by Crippen LogP contribution is -2.36. The highest BCUT2D eigenvalue weighted by Gasteiger charge is 2.34. The van der Waals surface area contributed by atoms with Gasteiger partial charge in [-0.05, 0) is 36.6 Å². The Hall–Kier alpha value is -2.35. The number of hydrogen-bond donors (Lipinski definition) is 0. The van der Waals surface area contributed by atoms with Crippen molar-refractivity contribution >= 4 is 46.6 Å². The summed E-state index contributed by atoms with van der Waals surface area (Å²) in [5.74, 6) is 0.0842. The number of halogens is 2. The van der Waals surface area contributed by atoms with E-state index in [1.54, 1.807) is 35.2 Å². The van der Waals surface area contributed by atoms with Gasteiger partial charge in [0.05, 0.1) is 5.69 Å². The molecule has 6 nitrogen and oxygen atoms in total. The summed E-state index contributed by atoms with van der Waals surface area (Å²) in [6, 6.07) is 12.3. The van der Waals surface area contributed by atoms with Crippen LogP contribution in [0, 0.1) is 0 Å². The van der Waals surface area contributed by atoms with E-state index < -0.39 is 6.23 Å². The molecule has 2 heterocycles. The topological polar surface area (TPSA) is 68.2 Å². The van der Waals surface area contributed by atoms with E-state index in [2.05, 4.69) is 15.2 Å². The Labute approximate surface area is 175 Å². The van der Waals surface area contributed by atoms with Crippen molar-refractivity contribution in [3.05, 3.63) is 58.1 Å². The van der Waals surface area contributed by atoms with Gasteiger partial charge >= 0.3 is 0 Å². The number of carbonyl (C=O) groups excluding carboxylic acids is 1. The number of anilines is 1. The molecular weight excluding hydrogens is 419 g/mol. The van der Waals surface area contributed by atoms with Gasteiger partial charge in [-0.3, -0.25) is 9.69 Å². The number of thioether (sulfide) groups is 1. The quantitative estimate of drug-likeness (QED) is 0.530. The molecule has 0 aliphatic carbocycles. The summed E-state index contributed by atoms with van der Waals surface area (Å²) in [6.07, 6.45) is 1.10. The zero-order valence-electron chi connectivity index (χ0n) is 14.9. The smallest absolute Gasteiger partial charge is 0.247 e. The Kier molecular flexibility index (Phi) is 5.14. The molecule has 28 heavy (non-hydrogen) atoms. The standard InChI is InChI=1S/C19H14Cl2N4O2S/c1-10(26)25-15-8-7-13(21)9-14(15)16-17(22-19(28-2)24-23-16)27-18(25)11-3-5-12(20)6-4-11/h3-9,18H,1-2H3/t18-/m0/s1. The minimum absolute atomic E-state index is 0.200. The monoisotopic (exact) mass is 432 g/mol. The number of nitrogens with zero attached hydrogens (tertiary/aromatic N) is 4. The van der Waals surface area contributed by atoms with Crippen molar-refractivity contribution in [3.63, 3.8) is 0 Å². The third kappa shape index (κ3) is 3.41. The molecule has 0 N–H and O–H groups in total. The largest absolute Gasteiger partial charge is 0.447 e. The van der Waals surface area contributed by atoms with Gasteiger partial charge in [0, 0.05) is 28.1 Å². The molecule has 1 amide bonds. The van der Waals surface area contributed by atoms with Crippen LogP contribution >= 0.6 is 35.0 Å². The van der Waals surface area contributed by atoms with Crippen molar-refractivity contribution < 1.29 is 9.53 Å². The summed E-state index contributed by atoms with van der Waals surface area (Å²) >= 11 is 13.6. The Balaban J connectivity index is 1.98. The SMILES string of the molecule is CSc1nnc2c(n1)O[C@@H](c1ccc(Cl)cc1)N(C(C)=O)c1ccc(Cl)cc1-2. The van der Waals surface area contributed by atoms with Crippen LogP contribution in [0.1, 0.15) is 18.7 Å². The number of aromatic nitrogens is 3. The van der Waals surface area contributed by atoms with Crippen LogP contribution in [-0.2, 0) is 4.79 Å². The van der Waals surface area contributed by atoms with Crippen LogP contribution in [0.2, 0.25) is 10.0 Å². The second-order valence-electron chi connectivity index (χ2n) is 6.02. The fourth-order valence-corrected chi connectivity index (χ4v) is 3.60. The lowest BCUT2D eigenvalue weighted by molar-refractivity contribution is -0.118. The van der Waals surface area contributed by atoms with Crippen molar-refractivity contribution in [3.8, 4) is 17.1 Å². The summed E-state index contributed by atoms with van der Waals surface area (Å²) < 4.78 is 6.21. The highest BCUT2D eigenvalue weighted by molar-refractivity contribution is 7.98. The number of ether oxygens (including phenoxy) is 1. The van der Waals surface area contributed by atoms with Crippen LogP contribution in [0.4, 0.5) is 5.69 Å². The summed E-state index contributed by atoms with van der Waals surface area (Å²) in [5, 5.41) is 9.98. The van der Waals surface area contributed by atoms with Crippen LogP contribution in [0.15, 0.2) is 47.6 Å². The minimum Gasteiger partial charge on any atom is -0.447 e. The molecule has 0 spiro atoms. The van der Waals surface area contributed by atoms with Gasteiger partial charge in [0.25, 0.3) is 0 Å². The Bertz CT molecular complexity index is 1060. The Morgan fingerprint density at radius 2 is 1.82 bits per heavy atom. The van der Waals surface area contributed by atoms with Gasteiger partial charge in [-0.1, -0.05) is 47.1 Å². The molecule has 1 aromatic heterocycles. The molecule has 0 bridgehead atoms. The lowest BCUT2D eigenvalue weighted by Gasteiger charge is -2.30. The molecule has 0 saturated carbocycles. The predicted octanol–water partition coefficient (Wildman–Crippen LogP) is 5.01. The fourth-order valence-electron chi connectivity index (χ4n) is 3.01. The van der Waals surface area contributed by atoms with Gasteiger partial charge in [-0.25, -0.2) is 0 Å². The maximum atomic E-state index is 12.7. The van der Waals surface area contributed by atoms with E-state index in [0.29, 0.717) is 32.1 Å². The summed E-state index contributed by atoms with van der Waals surface area (Å²) in [4.78, 5) is 18.7. The van der Waals surface area contributed by atoms with Crippen molar-refractivity contribution in [1.29, 1.82) is 0 Å².